The van der Waals surface area contributed by atoms with Crippen LogP contribution in [0.2, 0.25) is 0 Å². The van der Waals surface area contributed by atoms with E-state index >= 15 is 0 Å². The fourth-order valence-electron chi connectivity index (χ4n) is 4.50. The summed E-state index contributed by atoms with van der Waals surface area (Å²) in [7, 11) is 0. The van der Waals surface area contributed by atoms with Gasteiger partial charge in [0.15, 0.2) is 0 Å². The molecule has 1 aromatic heterocycles. The van der Waals surface area contributed by atoms with Crippen molar-refractivity contribution in [3.63, 3.8) is 0 Å². The number of aliphatic hydroxyl groups excluding tert-OH is 1. The lowest BCUT2D eigenvalue weighted by Gasteiger charge is -2.34. The van der Waals surface area contributed by atoms with Crippen molar-refractivity contribution in [1.82, 2.24) is 4.57 Å². The van der Waals surface area contributed by atoms with E-state index in [2.05, 4.69) is 22.8 Å². The molecule has 0 fully saturated rings. The fraction of sp³-hybridized carbons (Fsp3) is 0.103. The van der Waals surface area contributed by atoms with E-state index in [4.69, 9.17) is 0 Å². The Balaban J connectivity index is 1.67. The Labute approximate surface area is 187 Å². The largest absolute Gasteiger partial charge is 0.385 e. The lowest BCUT2D eigenvalue weighted by atomic mass is 9.79. The van der Waals surface area contributed by atoms with Crippen LogP contribution >= 0.6 is 0 Å². The molecule has 0 saturated carbocycles. The van der Waals surface area contributed by atoms with Crippen molar-refractivity contribution in [3.05, 3.63) is 144 Å². The Morgan fingerprint density at radius 3 is 1.75 bits per heavy atom. The van der Waals surface area contributed by atoms with E-state index in [9.17, 15) is 10.2 Å². The van der Waals surface area contributed by atoms with Crippen LogP contribution in [0.3, 0.4) is 0 Å². The van der Waals surface area contributed by atoms with Crippen molar-refractivity contribution in [2.75, 3.05) is 0 Å². The van der Waals surface area contributed by atoms with Crippen molar-refractivity contribution < 1.29 is 10.2 Å². The molecule has 0 bridgehead atoms. The Morgan fingerprint density at radius 1 is 0.656 bits per heavy atom. The number of fused-ring (bicyclic) bond motifs is 1. The molecule has 1 unspecified atom stereocenters. The molecule has 0 aliphatic heterocycles. The molecule has 3 nitrogen and oxygen atoms in total. The summed E-state index contributed by atoms with van der Waals surface area (Å²) >= 11 is 0. The standard InChI is InChI=1S/C29H25NO2/c31-28(29(32,23-14-6-2-7-15-23)24-16-8-3-9-17-24)26-21-30(20-22-12-4-1-5-13-22)27-19-11-10-18-25(26)27/h1-19,21,28,31-32H,20H2. The quantitative estimate of drug-likeness (QED) is 0.373. The van der Waals surface area contributed by atoms with Crippen molar-refractivity contribution >= 4 is 10.9 Å². The zero-order chi connectivity index (χ0) is 22.0. The molecular formula is C29H25NO2. The zero-order valence-electron chi connectivity index (χ0n) is 17.7. The number of hydrogen-bond donors (Lipinski definition) is 2. The van der Waals surface area contributed by atoms with Crippen LogP contribution < -0.4 is 0 Å². The maximum atomic E-state index is 12.1. The van der Waals surface area contributed by atoms with E-state index < -0.39 is 11.7 Å². The van der Waals surface area contributed by atoms with Gasteiger partial charge in [0.1, 0.15) is 11.7 Å². The van der Waals surface area contributed by atoms with E-state index in [1.54, 1.807) is 0 Å². The molecule has 5 aromatic rings. The molecule has 32 heavy (non-hydrogen) atoms. The average molecular weight is 420 g/mol. The Kier molecular flexibility index (Phi) is 5.36. The van der Waals surface area contributed by atoms with Gasteiger partial charge in [0.05, 0.1) is 0 Å². The highest BCUT2D eigenvalue weighted by atomic mass is 16.3. The van der Waals surface area contributed by atoms with Crippen molar-refractivity contribution in [1.29, 1.82) is 0 Å². The first-order valence-electron chi connectivity index (χ1n) is 10.8. The zero-order valence-corrected chi connectivity index (χ0v) is 17.7. The molecule has 0 aliphatic carbocycles. The minimum Gasteiger partial charge on any atom is -0.385 e. The van der Waals surface area contributed by atoms with Crippen LogP contribution in [0.1, 0.15) is 28.4 Å². The second-order valence-corrected chi connectivity index (χ2v) is 8.12. The van der Waals surface area contributed by atoms with E-state index in [1.807, 2.05) is 103 Å². The van der Waals surface area contributed by atoms with Gasteiger partial charge in [-0.3, -0.25) is 0 Å². The first-order valence-corrected chi connectivity index (χ1v) is 10.8. The first kappa shape index (κ1) is 20.3. The third-order valence-corrected chi connectivity index (χ3v) is 6.13. The molecule has 5 rings (SSSR count). The number of aromatic nitrogens is 1. The predicted octanol–water partition coefficient (Wildman–Crippen LogP) is 5.66. The van der Waals surface area contributed by atoms with Crippen LogP contribution in [0.25, 0.3) is 10.9 Å². The molecule has 0 radical (unpaired) electrons. The maximum Gasteiger partial charge on any atom is 0.145 e. The molecule has 1 atom stereocenters. The predicted molar refractivity (Wildman–Crippen MR) is 128 cm³/mol. The van der Waals surface area contributed by atoms with Crippen molar-refractivity contribution in [2.24, 2.45) is 0 Å². The van der Waals surface area contributed by atoms with Gasteiger partial charge in [-0.2, -0.15) is 0 Å². The maximum absolute atomic E-state index is 12.1. The summed E-state index contributed by atoms with van der Waals surface area (Å²) in [5, 5.41) is 24.8. The molecule has 2 N–H and O–H groups in total. The topological polar surface area (TPSA) is 45.4 Å². The number of hydrogen-bond acceptors (Lipinski definition) is 2. The molecule has 0 amide bonds. The Bertz CT molecular complexity index is 1270. The fourth-order valence-corrected chi connectivity index (χ4v) is 4.50. The number of rotatable bonds is 6. The van der Waals surface area contributed by atoms with Gasteiger partial charge in [-0.15, -0.1) is 0 Å². The Hall–Kier alpha value is -3.66. The lowest BCUT2D eigenvalue weighted by Crippen LogP contribution is -2.35. The molecule has 0 spiro atoms. The summed E-state index contributed by atoms with van der Waals surface area (Å²) in [4.78, 5) is 0. The number of benzene rings is 4. The van der Waals surface area contributed by atoms with Crippen LogP contribution in [-0.2, 0) is 12.1 Å². The highest BCUT2D eigenvalue weighted by Crippen LogP contribution is 2.43. The summed E-state index contributed by atoms with van der Waals surface area (Å²) in [6.07, 6.45) is 0.813. The van der Waals surface area contributed by atoms with Gasteiger partial charge >= 0.3 is 0 Å². The van der Waals surface area contributed by atoms with Crippen LogP contribution in [0.5, 0.6) is 0 Å². The lowest BCUT2D eigenvalue weighted by molar-refractivity contribution is -0.0511. The van der Waals surface area contributed by atoms with Gasteiger partial charge in [-0.25, -0.2) is 0 Å². The summed E-state index contributed by atoms with van der Waals surface area (Å²) in [5.41, 5.74) is 2.61. The van der Waals surface area contributed by atoms with Crippen LogP contribution in [-0.4, -0.2) is 14.8 Å². The number of nitrogens with zero attached hydrogens (tertiary/aromatic N) is 1. The molecule has 0 aliphatic rings. The summed E-state index contributed by atoms with van der Waals surface area (Å²) < 4.78 is 2.14. The molecule has 4 aromatic carbocycles. The Morgan fingerprint density at radius 2 is 1.16 bits per heavy atom. The third-order valence-electron chi connectivity index (χ3n) is 6.13. The van der Waals surface area contributed by atoms with Crippen LogP contribution in [0.15, 0.2) is 121 Å². The SMILES string of the molecule is OC(c1cn(Cc2ccccc2)c2ccccc12)C(O)(c1ccccc1)c1ccccc1. The van der Waals surface area contributed by atoms with Gasteiger partial charge in [0, 0.05) is 29.2 Å². The monoisotopic (exact) mass is 419 g/mol. The second kappa shape index (κ2) is 8.46. The normalized spacial score (nSPS) is 12.7. The molecular weight excluding hydrogens is 394 g/mol. The van der Waals surface area contributed by atoms with Gasteiger partial charge in [0.25, 0.3) is 0 Å². The van der Waals surface area contributed by atoms with Gasteiger partial charge < -0.3 is 14.8 Å². The van der Waals surface area contributed by atoms with E-state index in [-0.39, 0.29) is 0 Å². The molecule has 3 heteroatoms. The van der Waals surface area contributed by atoms with Crippen molar-refractivity contribution in [3.8, 4) is 0 Å². The van der Waals surface area contributed by atoms with E-state index in [0.717, 1.165) is 10.9 Å². The summed E-state index contributed by atoms with van der Waals surface area (Å²) in [6, 6.07) is 37.1. The summed E-state index contributed by atoms with van der Waals surface area (Å²) in [5.74, 6) is 0. The number of para-hydroxylation sites is 1. The van der Waals surface area contributed by atoms with Crippen LogP contribution in [0.4, 0.5) is 0 Å². The molecule has 0 saturated heterocycles. The second-order valence-electron chi connectivity index (χ2n) is 8.12. The smallest absolute Gasteiger partial charge is 0.145 e. The molecule has 1 heterocycles. The van der Waals surface area contributed by atoms with Gasteiger partial charge in [-0.05, 0) is 22.8 Å². The minimum absolute atomic E-state index is 0.651. The first-order chi connectivity index (χ1) is 15.7. The van der Waals surface area contributed by atoms with Crippen LogP contribution in [0, 0.1) is 0 Å². The average Bonchev–Trinajstić information content (AvgIpc) is 3.23. The summed E-state index contributed by atoms with van der Waals surface area (Å²) in [6.45, 7) is 0.684. The third kappa shape index (κ3) is 3.52. The van der Waals surface area contributed by atoms with E-state index in [1.165, 1.54) is 5.56 Å². The van der Waals surface area contributed by atoms with Gasteiger partial charge in [-0.1, -0.05) is 109 Å². The minimum atomic E-state index is -1.59. The van der Waals surface area contributed by atoms with Gasteiger partial charge in [0.2, 0.25) is 0 Å². The number of aliphatic hydroxyl groups is 2. The molecule has 158 valence electrons. The highest BCUT2D eigenvalue weighted by Gasteiger charge is 2.41. The highest BCUT2D eigenvalue weighted by molar-refractivity contribution is 5.84. The van der Waals surface area contributed by atoms with Crippen molar-refractivity contribution in [2.45, 2.75) is 18.2 Å². The van der Waals surface area contributed by atoms with E-state index in [0.29, 0.717) is 23.2 Å².